The Morgan fingerprint density at radius 2 is 1.33 bits per heavy atom. The third kappa shape index (κ3) is 16.5. The number of unbranched alkanes of at least 4 members (excludes halogenated alkanes) is 6. The first kappa shape index (κ1) is 22.1. The standard InChI is InChI=1S/C18H30O6/c1-2-11-17(21)23-14-9-5-6-10-15-24-18(22)13-8-4-3-7-12-16(19)20/h2,11H,3-10,12-15H2,1H3,(H,19,20). The predicted molar refractivity (Wildman–Crippen MR) is 90.5 cm³/mol. The second-order valence-corrected chi connectivity index (χ2v) is 5.61. The third-order valence-electron chi connectivity index (χ3n) is 3.37. The van der Waals surface area contributed by atoms with E-state index in [1.54, 1.807) is 13.0 Å². The van der Waals surface area contributed by atoms with Crippen molar-refractivity contribution in [2.45, 2.75) is 71.1 Å². The molecule has 0 aliphatic heterocycles. The summed E-state index contributed by atoms with van der Waals surface area (Å²) in [5, 5.41) is 8.49. The molecule has 0 heterocycles. The number of hydrogen-bond acceptors (Lipinski definition) is 5. The number of carbonyl (C=O) groups is 3. The van der Waals surface area contributed by atoms with Crippen molar-refractivity contribution < 1.29 is 29.0 Å². The number of carbonyl (C=O) groups excluding carboxylic acids is 2. The van der Waals surface area contributed by atoms with Gasteiger partial charge in [-0.25, -0.2) is 4.79 Å². The molecule has 0 atom stereocenters. The van der Waals surface area contributed by atoms with Gasteiger partial charge in [0.25, 0.3) is 0 Å². The van der Waals surface area contributed by atoms with Gasteiger partial charge < -0.3 is 14.6 Å². The van der Waals surface area contributed by atoms with Gasteiger partial charge in [0, 0.05) is 18.9 Å². The predicted octanol–water partition coefficient (Wildman–Crippen LogP) is 3.63. The van der Waals surface area contributed by atoms with Crippen LogP contribution in [0.2, 0.25) is 0 Å². The van der Waals surface area contributed by atoms with Crippen LogP contribution in [0.5, 0.6) is 0 Å². The number of carboxylic acids is 1. The molecule has 0 amide bonds. The van der Waals surface area contributed by atoms with Crippen LogP contribution in [-0.2, 0) is 23.9 Å². The third-order valence-corrected chi connectivity index (χ3v) is 3.37. The molecular formula is C18H30O6. The fourth-order valence-electron chi connectivity index (χ4n) is 2.07. The van der Waals surface area contributed by atoms with E-state index in [0.717, 1.165) is 44.9 Å². The quantitative estimate of drug-likeness (QED) is 0.278. The molecule has 0 aliphatic carbocycles. The highest BCUT2D eigenvalue weighted by atomic mass is 16.5. The SMILES string of the molecule is CC=CC(=O)OCCCCCCOC(=O)CCCCCCC(=O)O. The van der Waals surface area contributed by atoms with E-state index in [1.807, 2.05) is 0 Å². The molecule has 0 bridgehead atoms. The first-order valence-electron chi connectivity index (χ1n) is 8.73. The van der Waals surface area contributed by atoms with E-state index in [0.29, 0.717) is 26.1 Å². The highest BCUT2D eigenvalue weighted by Crippen LogP contribution is 2.07. The zero-order valence-corrected chi connectivity index (χ0v) is 14.6. The van der Waals surface area contributed by atoms with Crippen LogP contribution in [0, 0.1) is 0 Å². The van der Waals surface area contributed by atoms with Crippen molar-refractivity contribution in [2.24, 2.45) is 0 Å². The summed E-state index contributed by atoms with van der Waals surface area (Å²) in [7, 11) is 0. The monoisotopic (exact) mass is 342 g/mol. The Bertz CT molecular complexity index is 389. The lowest BCUT2D eigenvalue weighted by molar-refractivity contribution is -0.144. The summed E-state index contributed by atoms with van der Waals surface area (Å²) in [6, 6.07) is 0. The van der Waals surface area contributed by atoms with Gasteiger partial charge in [-0.15, -0.1) is 0 Å². The van der Waals surface area contributed by atoms with Crippen LogP contribution >= 0.6 is 0 Å². The Hall–Kier alpha value is -1.85. The van der Waals surface area contributed by atoms with Gasteiger partial charge in [0.05, 0.1) is 13.2 Å². The summed E-state index contributed by atoms with van der Waals surface area (Å²) in [6.07, 6.45) is 10.2. The van der Waals surface area contributed by atoms with E-state index in [-0.39, 0.29) is 18.4 Å². The van der Waals surface area contributed by atoms with Crippen molar-refractivity contribution in [1.29, 1.82) is 0 Å². The highest BCUT2D eigenvalue weighted by Gasteiger charge is 2.03. The van der Waals surface area contributed by atoms with Crippen LogP contribution in [0.3, 0.4) is 0 Å². The Morgan fingerprint density at radius 3 is 1.92 bits per heavy atom. The van der Waals surface area contributed by atoms with Gasteiger partial charge in [-0.2, -0.15) is 0 Å². The van der Waals surface area contributed by atoms with Crippen molar-refractivity contribution in [3.63, 3.8) is 0 Å². The van der Waals surface area contributed by atoms with Crippen molar-refractivity contribution in [1.82, 2.24) is 0 Å². The van der Waals surface area contributed by atoms with E-state index < -0.39 is 5.97 Å². The summed E-state index contributed by atoms with van der Waals surface area (Å²) in [5.74, 6) is -1.27. The largest absolute Gasteiger partial charge is 0.481 e. The maximum Gasteiger partial charge on any atom is 0.330 e. The Kier molecular flexibility index (Phi) is 14.8. The normalized spacial score (nSPS) is 10.7. The second kappa shape index (κ2) is 16.0. The second-order valence-electron chi connectivity index (χ2n) is 5.61. The minimum Gasteiger partial charge on any atom is -0.481 e. The number of allylic oxidation sites excluding steroid dienone is 1. The lowest BCUT2D eigenvalue weighted by Gasteiger charge is -2.05. The maximum absolute atomic E-state index is 11.5. The smallest absolute Gasteiger partial charge is 0.330 e. The van der Waals surface area contributed by atoms with Crippen LogP contribution in [0.15, 0.2) is 12.2 Å². The van der Waals surface area contributed by atoms with Crippen LogP contribution in [0.4, 0.5) is 0 Å². The Labute approximate surface area is 144 Å². The molecule has 6 nitrogen and oxygen atoms in total. The molecule has 0 saturated carbocycles. The first-order valence-corrected chi connectivity index (χ1v) is 8.73. The van der Waals surface area contributed by atoms with Crippen LogP contribution in [0.1, 0.15) is 71.1 Å². The lowest BCUT2D eigenvalue weighted by Crippen LogP contribution is -2.06. The number of rotatable bonds is 15. The van der Waals surface area contributed by atoms with E-state index in [4.69, 9.17) is 14.6 Å². The number of hydrogen-bond donors (Lipinski definition) is 1. The van der Waals surface area contributed by atoms with Crippen molar-refractivity contribution in [2.75, 3.05) is 13.2 Å². The topological polar surface area (TPSA) is 89.9 Å². The highest BCUT2D eigenvalue weighted by molar-refractivity contribution is 5.81. The molecule has 138 valence electrons. The zero-order chi connectivity index (χ0) is 18.0. The summed E-state index contributed by atoms with van der Waals surface area (Å²) in [5.41, 5.74) is 0. The molecule has 0 aromatic rings. The molecular weight excluding hydrogens is 312 g/mol. The minimum absolute atomic E-state index is 0.187. The number of carboxylic acid groups (broad SMARTS) is 1. The molecule has 0 fully saturated rings. The average molecular weight is 342 g/mol. The van der Waals surface area contributed by atoms with E-state index in [2.05, 4.69) is 0 Å². The summed E-state index contributed by atoms with van der Waals surface area (Å²) in [4.78, 5) is 32.8. The molecule has 1 N–H and O–H groups in total. The molecule has 24 heavy (non-hydrogen) atoms. The van der Waals surface area contributed by atoms with Gasteiger partial charge in [-0.1, -0.05) is 18.9 Å². The van der Waals surface area contributed by atoms with Gasteiger partial charge in [0.15, 0.2) is 0 Å². The molecule has 0 aromatic heterocycles. The van der Waals surface area contributed by atoms with Crippen molar-refractivity contribution in [3.8, 4) is 0 Å². The van der Waals surface area contributed by atoms with Gasteiger partial charge in [-0.05, 0) is 45.4 Å². The van der Waals surface area contributed by atoms with Gasteiger partial charge in [-0.3, -0.25) is 9.59 Å². The van der Waals surface area contributed by atoms with Gasteiger partial charge >= 0.3 is 17.9 Å². The van der Waals surface area contributed by atoms with Gasteiger partial charge in [0.1, 0.15) is 0 Å². The Balaban J connectivity index is 3.28. The fraction of sp³-hybridized carbons (Fsp3) is 0.722. The summed E-state index contributed by atoms with van der Waals surface area (Å²) >= 11 is 0. The average Bonchev–Trinajstić information content (AvgIpc) is 2.53. The van der Waals surface area contributed by atoms with Crippen molar-refractivity contribution in [3.05, 3.63) is 12.2 Å². The number of esters is 2. The van der Waals surface area contributed by atoms with E-state index in [1.165, 1.54) is 6.08 Å². The number of ether oxygens (including phenoxy) is 2. The summed E-state index contributed by atoms with van der Waals surface area (Å²) < 4.78 is 10.1. The molecule has 0 saturated heterocycles. The molecule has 0 rings (SSSR count). The lowest BCUT2D eigenvalue weighted by atomic mass is 10.1. The van der Waals surface area contributed by atoms with Gasteiger partial charge in [0.2, 0.25) is 0 Å². The minimum atomic E-state index is -0.773. The summed E-state index contributed by atoms with van der Waals surface area (Å²) in [6.45, 7) is 2.61. The van der Waals surface area contributed by atoms with Crippen LogP contribution in [-0.4, -0.2) is 36.2 Å². The molecule has 0 spiro atoms. The molecule has 0 radical (unpaired) electrons. The van der Waals surface area contributed by atoms with Crippen molar-refractivity contribution >= 4 is 17.9 Å². The fourth-order valence-corrected chi connectivity index (χ4v) is 2.07. The molecule has 0 unspecified atom stereocenters. The first-order chi connectivity index (χ1) is 11.6. The number of aliphatic carboxylic acids is 1. The van der Waals surface area contributed by atoms with Crippen LogP contribution in [0.25, 0.3) is 0 Å². The molecule has 0 aliphatic rings. The van der Waals surface area contributed by atoms with E-state index in [9.17, 15) is 14.4 Å². The van der Waals surface area contributed by atoms with E-state index >= 15 is 0 Å². The zero-order valence-electron chi connectivity index (χ0n) is 14.6. The Morgan fingerprint density at radius 1 is 0.792 bits per heavy atom. The molecule has 6 heteroatoms. The van der Waals surface area contributed by atoms with Crippen LogP contribution < -0.4 is 0 Å². The molecule has 0 aromatic carbocycles. The maximum atomic E-state index is 11.5.